The second-order valence-corrected chi connectivity index (χ2v) is 10.2. The largest absolute Gasteiger partial charge is 0.419 e. The molecule has 0 spiro atoms. The number of carbonyl (C=O) groups excluding carboxylic acids is 1. The molecule has 1 aliphatic rings. The molecule has 2 aromatic heterocycles. The highest BCUT2D eigenvalue weighted by Gasteiger charge is 2.42. The molecule has 0 N–H and O–H groups in total. The number of nitrogens with zero attached hydrogens (tertiary/aromatic N) is 4. The number of hydrogen-bond acceptors (Lipinski definition) is 5. The van der Waals surface area contributed by atoms with Gasteiger partial charge in [0.2, 0.25) is 5.91 Å². The number of pyridine rings is 1. The van der Waals surface area contributed by atoms with E-state index < -0.39 is 42.2 Å². The van der Waals surface area contributed by atoms with Crippen molar-refractivity contribution in [2.45, 2.75) is 31.8 Å². The van der Waals surface area contributed by atoms with Gasteiger partial charge in [-0.2, -0.15) is 13.2 Å². The topological polar surface area (TPSA) is 77.3 Å². The lowest BCUT2D eigenvalue weighted by atomic mass is 10.1. The van der Waals surface area contributed by atoms with Crippen LogP contribution in [0.4, 0.5) is 17.6 Å². The molecule has 1 amide bonds. The van der Waals surface area contributed by atoms with E-state index in [2.05, 4.69) is 4.98 Å². The van der Waals surface area contributed by atoms with Gasteiger partial charge in [-0.3, -0.25) is 24.0 Å². The maximum Gasteiger partial charge on any atom is 0.419 e. The Labute approximate surface area is 243 Å². The number of para-hydroxylation sites is 1. The highest BCUT2D eigenvalue weighted by atomic mass is 19.4. The number of fused-ring (bicyclic) bond motifs is 1. The van der Waals surface area contributed by atoms with Crippen molar-refractivity contribution in [2.75, 3.05) is 6.61 Å². The maximum atomic E-state index is 14.4. The quantitative estimate of drug-likeness (QED) is 0.232. The third kappa shape index (κ3) is 5.39. The molecule has 0 saturated carbocycles. The third-order valence-electron chi connectivity index (χ3n) is 7.34. The summed E-state index contributed by atoms with van der Waals surface area (Å²) in [6.07, 6.45) is -3.14. The van der Waals surface area contributed by atoms with Crippen molar-refractivity contribution in [3.05, 3.63) is 136 Å². The third-order valence-corrected chi connectivity index (χ3v) is 7.34. The standard InChI is InChI=1S/C32H24F4N4O3/c1-19-8-11-22(12-9-19)39-29(38-26-7-3-2-6-23(26)30(39)42)27-18-43-31(21-5-4-14-37-17-21)40(27)28(41)16-20-10-13-24(25(33)15-20)32(34,35)36/h2-15,17,27,31H,16,18H2,1H3. The van der Waals surface area contributed by atoms with Gasteiger partial charge in [0, 0.05) is 18.0 Å². The lowest BCUT2D eigenvalue weighted by molar-refractivity contribution is -0.140. The van der Waals surface area contributed by atoms with E-state index >= 15 is 0 Å². The second kappa shape index (κ2) is 11.1. The van der Waals surface area contributed by atoms with Crippen LogP contribution in [0.15, 0.2) is 96.1 Å². The lowest BCUT2D eigenvalue weighted by Gasteiger charge is -2.29. The zero-order chi connectivity index (χ0) is 30.3. The Morgan fingerprint density at radius 1 is 1.02 bits per heavy atom. The predicted molar refractivity (Wildman–Crippen MR) is 150 cm³/mol. The second-order valence-electron chi connectivity index (χ2n) is 10.2. The summed E-state index contributed by atoms with van der Waals surface area (Å²) in [5.74, 6) is -1.79. The summed E-state index contributed by atoms with van der Waals surface area (Å²) < 4.78 is 61.4. The van der Waals surface area contributed by atoms with Crippen molar-refractivity contribution in [3.8, 4) is 5.69 Å². The molecule has 7 nitrogen and oxygen atoms in total. The fraction of sp³-hybridized carbons (Fsp3) is 0.188. The summed E-state index contributed by atoms with van der Waals surface area (Å²) in [5.41, 5.74) is 0.774. The summed E-state index contributed by atoms with van der Waals surface area (Å²) in [5, 5.41) is 0.382. The van der Waals surface area contributed by atoms with Crippen molar-refractivity contribution in [3.63, 3.8) is 0 Å². The monoisotopic (exact) mass is 588 g/mol. The molecule has 1 aliphatic heterocycles. The van der Waals surface area contributed by atoms with Gasteiger partial charge < -0.3 is 4.74 Å². The van der Waals surface area contributed by atoms with Crippen molar-refractivity contribution in [1.29, 1.82) is 0 Å². The van der Waals surface area contributed by atoms with Crippen LogP contribution in [0.25, 0.3) is 16.6 Å². The molecule has 6 rings (SSSR count). The van der Waals surface area contributed by atoms with Crippen molar-refractivity contribution in [2.24, 2.45) is 0 Å². The fourth-order valence-corrected chi connectivity index (χ4v) is 5.27. The molecule has 0 radical (unpaired) electrons. The predicted octanol–water partition coefficient (Wildman–Crippen LogP) is 6.09. The van der Waals surface area contributed by atoms with Crippen LogP contribution in [-0.2, 0) is 22.1 Å². The Hall–Kier alpha value is -4.90. The van der Waals surface area contributed by atoms with Crippen LogP contribution in [0.3, 0.4) is 0 Å². The van der Waals surface area contributed by atoms with Gasteiger partial charge in [0.25, 0.3) is 5.56 Å². The molecule has 2 atom stereocenters. The van der Waals surface area contributed by atoms with Gasteiger partial charge in [0.1, 0.15) is 17.7 Å². The number of benzene rings is 3. The van der Waals surface area contributed by atoms with Crippen LogP contribution in [0, 0.1) is 12.7 Å². The average molecular weight is 589 g/mol. The first kappa shape index (κ1) is 28.2. The van der Waals surface area contributed by atoms with Gasteiger partial charge in [-0.25, -0.2) is 9.37 Å². The smallest absolute Gasteiger partial charge is 0.351 e. The van der Waals surface area contributed by atoms with Crippen LogP contribution < -0.4 is 5.56 Å². The zero-order valence-corrected chi connectivity index (χ0v) is 22.8. The molecule has 0 bridgehead atoms. The van der Waals surface area contributed by atoms with Gasteiger partial charge in [-0.15, -0.1) is 0 Å². The Morgan fingerprint density at radius 3 is 2.49 bits per heavy atom. The summed E-state index contributed by atoms with van der Waals surface area (Å²) in [4.78, 5) is 38.2. The van der Waals surface area contributed by atoms with Crippen molar-refractivity contribution < 1.29 is 27.1 Å². The Kier molecular flexibility index (Phi) is 7.26. The van der Waals surface area contributed by atoms with Crippen LogP contribution in [0.2, 0.25) is 0 Å². The summed E-state index contributed by atoms with van der Waals surface area (Å²) >= 11 is 0. The van der Waals surface area contributed by atoms with E-state index in [1.165, 1.54) is 15.7 Å². The highest BCUT2D eigenvalue weighted by Crippen LogP contribution is 2.39. The molecule has 218 valence electrons. The number of aromatic nitrogens is 3. The van der Waals surface area contributed by atoms with E-state index in [0.717, 1.165) is 11.6 Å². The summed E-state index contributed by atoms with van der Waals surface area (Å²) in [6, 6.07) is 19.0. The first-order chi connectivity index (χ1) is 20.6. The lowest BCUT2D eigenvalue weighted by Crippen LogP contribution is -2.38. The van der Waals surface area contributed by atoms with Crippen LogP contribution in [0.5, 0.6) is 0 Å². The minimum Gasteiger partial charge on any atom is -0.351 e. The summed E-state index contributed by atoms with van der Waals surface area (Å²) in [7, 11) is 0. The fourth-order valence-electron chi connectivity index (χ4n) is 5.27. The van der Waals surface area contributed by atoms with E-state index in [0.29, 0.717) is 34.3 Å². The van der Waals surface area contributed by atoms with Crippen LogP contribution in [0.1, 0.15) is 40.3 Å². The molecule has 3 heterocycles. The minimum atomic E-state index is -4.87. The zero-order valence-electron chi connectivity index (χ0n) is 22.8. The Balaban J connectivity index is 1.48. The number of ether oxygens (including phenoxy) is 1. The van der Waals surface area contributed by atoms with Crippen LogP contribution in [-0.4, -0.2) is 31.9 Å². The highest BCUT2D eigenvalue weighted by molar-refractivity contribution is 5.81. The van der Waals surface area contributed by atoms with E-state index in [9.17, 15) is 27.2 Å². The van der Waals surface area contributed by atoms with E-state index in [-0.39, 0.29) is 23.6 Å². The SMILES string of the molecule is Cc1ccc(-n2c(C3COC(c4cccnc4)N3C(=O)Cc3ccc(C(F)(F)F)c(F)c3)nc3ccccc3c2=O)cc1. The molecular formula is C32H24F4N4O3. The molecule has 3 aromatic carbocycles. The van der Waals surface area contributed by atoms with Crippen molar-refractivity contribution in [1.82, 2.24) is 19.4 Å². The Bertz CT molecular complexity index is 1870. The molecule has 11 heteroatoms. The number of rotatable bonds is 5. The molecule has 43 heavy (non-hydrogen) atoms. The number of carbonyl (C=O) groups is 1. The van der Waals surface area contributed by atoms with Crippen LogP contribution >= 0.6 is 0 Å². The van der Waals surface area contributed by atoms with E-state index in [4.69, 9.17) is 9.72 Å². The normalized spacial score (nSPS) is 17.0. The minimum absolute atomic E-state index is 0.0384. The molecule has 1 fully saturated rings. The number of aryl methyl sites for hydroxylation is 1. The summed E-state index contributed by atoms with van der Waals surface area (Å²) in [6.45, 7) is 1.88. The first-order valence-electron chi connectivity index (χ1n) is 13.4. The maximum absolute atomic E-state index is 14.4. The molecule has 5 aromatic rings. The van der Waals surface area contributed by atoms with Gasteiger partial charge in [0.05, 0.1) is 35.2 Å². The number of alkyl halides is 3. The molecule has 1 saturated heterocycles. The van der Waals surface area contributed by atoms with Gasteiger partial charge in [-0.05, 0) is 55.0 Å². The first-order valence-corrected chi connectivity index (χ1v) is 13.4. The number of halogens is 4. The molecular weight excluding hydrogens is 564 g/mol. The Morgan fingerprint density at radius 2 is 1.79 bits per heavy atom. The van der Waals surface area contributed by atoms with Gasteiger partial charge in [0.15, 0.2) is 6.23 Å². The molecule has 0 aliphatic carbocycles. The molecule has 2 unspecified atom stereocenters. The van der Waals surface area contributed by atoms with E-state index in [1.807, 2.05) is 19.1 Å². The number of amides is 1. The van der Waals surface area contributed by atoms with Gasteiger partial charge >= 0.3 is 6.18 Å². The van der Waals surface area contributed by atoms with Crippen molar-refractivity contribution >= 4 is 16.8 Å². The number of hydrogen-bond donors (Lipinski definition) is 0. The van der Waals surface area contributed by atoms with E-state index in [1.54, 1.807) is 54.7 Å². The van der Waals surface area contributed by atoms with Gasteiger partial charge in [-0.1, -0.05) is 42.0 Å². The average Bonchev–Trinajstić information content (AvgIpc) is 3.43.